The van der Waals surface area contributed by atoms with Gasteiger partial charge < -0.3 is 0 Å². The second kappa shape index (κ2) is 4.15. The molecule has 10 heavy (non-hydrogen) atoms. The Morgan fingerprint density at radius 3 is 3.00 bits per heavy atom. The molecule has 0 atom stereocenters. The predicted molar refractivity (Wildman–Crippen MR) is 36.7 cm³/mol. The summed E-state index contributed by atoms with van der Waals surface area (Å²) in [7, 11) is 0. The van der Waals surface area contributed by atoms with E-state index in [1.165, 1.54) is 0 Å². The van der Waals surface area contributed by atoms with Gasteiger partial charge in [0.1, 0.15) is 0 Å². The predicted octanol–water partition coefficient (Wildman–Crippen LogP) is 2.19. The van der Waals surface area contributed by atoms with Crippen molar-refractivity contribution in [3.8, 4) is 0 Å². The molecule has 0 saturated carbocycles. The van der Waals surface area contributed by atoms with Crippen molar-refractivity contribution >= 4 is 6.08 Å². The topological polar surface area (TPSA) is 12.4 Å². The Hall–Kier alpha value is -0.721. The van der Waals surface area contributed by atoms with Crippen LogP contribution in [0.15, 0.2) is 34.4 Å². The van der Waals surface area contributed by atoms with Gasteiger partial charge >= 0.3 is 68.0 Å². The fourth-order valence-electron chi connectivity index (χ4n) is 0.619. The van der Waals surface area contributed by atoms with Crippen LogP contribution in [0.2, 0.25) is 0 Å². The molecule has 0 saturated heterocycles. The van der Waals surface area contributed by atoms with Gasteiger partial charge in [-0.15, -0.1) is 0 Å². The van der Waals surface area contributed by atoms with Gasteiger partial charge in [-0.1, -0.05) is 0 Å². The maximum absolute atomic E-state index is 3.64. The molecule has 0 fully saturated rings. The number of rotatable bonds is 2. The van der Waals surface area contributed by atoms with Crippen LogP contribution in [0.4, 0.5) is 0 Å². The zero-order valence-electron chi connectivity index (χ0n) is 5.29. The zero-order chi connectivity index (χ0) is 7.23. The van der Waals surface area contributed by atoms with E-state index in [0.29, 0.717) is 0 Å². The molecule has 0 spiro atoms. The molecule has 0 unspecified atom stereocenters. The first-order valence-electron chi connectivity index (χ1n) is 2.88. The fraction of sp³-hybridized carbons (Fsp3) is 0. The van der Waals surface area contributed by atoms with Gasteiger partial charge in [0.05, 0.1) is 0 Å². The molecular formula is C8H6MnN-. The van der Waals surface area contributed by atoms with E-state index in [-0.39, 0.29) is 0 Å². The van der Waals surface area contributed by atoms with Crippen LogP contribution in [0.1, 0.15) is 5.56 Å². The van der Waals surface area contributed by atoms with Gasteiger partial charge in [-0.25, -0.2) is 0 Å². The van der Waals surface area contributed by atoms with E-state index in [4.69, 9.17) is 0 Å². The molecule has 1 aromatic carbocycles. The molecule has 0 aliphatic heterocycles. The summed E-state index contributed by atoms with van der Waals surface area (Å²) in [6.07, 6.45) is 3.54. The first kappa shape index (κ1) is 7.39. The average Bonchev–Trinajstić information content (AvgIpc) is 2.03. The average molecular weight is 171 g/mol. The molecule has 0 bridgehead atoms. The minimum absolute atomic E-state index is 1.03. The van der Waals surface area contributed by atoms with Crippen LogP contribution >= 0.6 is 0 Å². The summed E-state index contributed by atoms with van der Waals surface area (Å²) in [4.78, 5) is 0. The van der Waals surface area contributed by atoms with Crippen LogP contribution in [0, 0.1) is 6.07 Å². The van der Waals surface area contributed by atoms with Crippen LogP contribution in [-0.2, 0) is 15.8 Å². The quantitative estimate of drug-likeness (QED) is 0.477. The van der Waals surface area contributed by atoms with Gasteiger partial charge in [-0.2, -0.15) is 0 Å². The van der Waals surface area contributed by atoms with Gasteiger partial charge in [-0.3, -0.25) is 0 Å². The van der Waals surface area contributed by atoms with Crippen LogP contribution in [0.5, 0.6) is 0 Å². The minimum atomic E-state index is 1.03. The summed E-state index contributed by atoms with van der Waals surface area (Å²) in [5, 5.41) is 0. The summed E-state index contributed by atoms with van der Waals surface area (Å²) in [6, 6.07) is 10.8. The van der Waals surface area contributed by atoms with Crippen molar-refractivity contribution in [1.82, 2.24) is 0 Å². The number of hydrogen-bond acceptors (Lipinski definition) is 1. The fourth-order valence-corrected chi connectivity index (χ4v) is 0.707. The molecule has 0 N–H and O–H groups in total. The molecule has 1 aromatic rings. The van der Waals surface area contributed by atoms with E-state index in [2.05, 4.69) is 25.8 Å². The van der Waals surface area contributed by atoms with Crippen LogP contribution in [-0.4, -0.2) is 0 Å². The number of benzene rings is 1. The molecule has 0 amide bonds. The first-order chi connectivity index (χ1) is 4.93. The summed E-state index contributed by atoms with van der Waals surface area (Å²) < 4.78 is 3.64. The summed E-state index contributed by atoms with van der Waals surface area (Å²) in [5.41, 5.74) is 1.03. The maximum atomic E-state index is 3.64. The summed E-state index contributed by atoms with van der Waals surface area (Å²) in [6.45, 7) is 0. The Balaban J connectivity index is 2.76. The Bertz CT molecular complexity index is 228. The molecular weight excluding hydrogens is 165 g/mol. The number of hydrogen-bond donors (Lipinski definition) is 0. The molecule has 0 aliphatic rings. The van der Waals surface area contributed by atoms with Gasteiger partial charge in [0.25, 0.3) is 0 Å². The van der Waals surface area contributed by atoms with Crippen molar-refractivity contribution in [2.24, 2.45) is 3.96 Å². The first-order valence-corrected chi connectivity index (χ1v) is 3.40. The molecule has 1 rings (SSSR count). The summed E-state index contributed by atoms with van der Waals surface area (Å²) in [5.74, 6) is 0. The molecule has 2 heteroatoms. The standard InChI is InChI=1S/C8H6N.Mn/c9-7-6-8-4-2-1-3-5-8;/h1-4,6-7H;/q-1;. The molecule has 0 heterocycles. The Morgan fingerprint density at radius 2 is 2.40 bits per heavy atom. The van der Waals surface area contributed by atoms with Gasteiger partial charge in [-0.05, 0) is 0 Å². The van der Waals surface area contributed by atoms with E-state index < -0.39 is 0 Å². The third kappa shape index (κ3) is 2.26. The normalized spacial score (nSPS) is 10.0. The van der Waals surface area contributed by atoms with E-state index in [9.17, 15) is 0 Å². The third-order valence-electron chi connectivity index (χ3n) is 1.04. The Morgan fingerprint density at radius 1 is 1.50 bits per heavy atom. The van der Waals surface area contributed by atoms with E-state index in [1.54, 1.807) is 6.20 Å². The second-order valence-electron chi connectivity index (χ2n) is 1.73. The van der Waals surface area contributed by atoms with Crippen LogP contribution in [0.25, 0.3) is 6.08 Å². The van der Waals surface area contributed by atoms with E-state index in [1.807, 2.05) is 30.3 Å². The Labute approximate surface area is 68.4 Å². The van der Waals surface area contributed by atoms with E-state index in [0.717, 1.165) is 5.56 Å². The second-order valence-corrected chi connectivity index (χ2v) is 2.04. The molecule has 0 radical (unpaired) electrons. The van der Waals surface area contributed by atoms with Crippen molar-refractivity contribution in [1.29, 1.82) is 0 Å². The van der Waals surface area contributed by atoms with Crippen LogP contribution in [0.3, 0.4) is 0 Å². The van der Waals surface area contributed by atoms with Crippen molar-refractivity contribution in [2.75, 3.05) is 0 Å². The van der Waals surface area contributed by atoms with Crippen molar-refractivity contribution in [3.63, 3.8) is 0 Å². The Kier molecular flexibility index (Phi) is 3.07. The van der Waals surface area contributed by atoms with Crippen molar-refractivity contribution in [2.45, 2.75) is 0 Å². The van der Waals surface area contributed by atoms with Crippen molar-refractivity contribution in [3.05, 3.63) is 42.1 Å². The molecule has 0 aliphatic carbocycles. The molecule has 1 nitrogen and oxygen atoms in total. The monoisotopic (exact) mass is 171 g/mol. The summed E-state index contributed by atoms with van der Waals surface area (Å²) >= 11 is 2.93. The molecule has 51 valence electrons. The molecule has 0 aromatic heterocycles. The van der Waals surface area contributed by atoms with Crippen molar-refractivity contribution < 1.29 is 15.8 Å². The van der Waals surface area contributed by atoms with Gasteiger partial charge in [0.15, 0.2) is 0 Å². The van der Waals surface area contributed by atoms with Crippen LogP contribution < -0.4 is 0 Å². The van der Waals surface area contributed by atoms with E-state index >= 15 is 0 Å². The van der Waals surface area contributed by atoms with Gasteiger partial charge in [0.2, 0.25) is 0 Å². The number of nitrogens with zero attached hydrogens (tertiary/aromatic N) is 1. The zero-order valence-corrected chi connectivity index (χ0v) is 6.47. The SMILES string of the molecule is [Mn]=[N]C=Cc1[c-]cccc1. The van der Waals surface area contributed by atoms with Gasteiger partial charge in [0, 0.05) is 0 Å². The third-order valence-corrected chi connectivity index (χ3v) is 1.22.